The van der Waals surface area contributed by atoms with Gasteiger partial charge in [0, 0.05) is 17.6 Å². The zero-order valence-electron chi connectivity index (χ0n) is 10.9. The summed E-state index contributed by atoms with van der Waals surface area (Å²) in [5, 5.41) is 3.73. The highest BCUT2D eigenvalue weighted by Gasteiger charge is 2.06. The van der Waals surface area contributed by atoms with Crippen molar-refractivity contribution in [3.63, 3.8) is 0 Å². The monoisotopic (exact) mass is 297 g/mol. The van der Waals surface area contributed by atoms with Crippen molar-refractivity contribution in [3.05, 3.63) is 58.6 Å². The molecule has 0 aliphatic carbocycles. The predicted octanol–water partition coefficient (Wildman–Crippen LogP) is 4.52. The smallest absolute Gasteiger partial charge is 0.162 e. The third kappa shape index (κ3) is 3.68. The van der Waals surface area contributed by atoms with Gasteiger partial charge in [-0.2, -0.15) is 0 Å². The molecular weight excluding hydrogens is 284 g/mol. The zero-order chi connectivity index (χ0) is 14.5. The fraction of sp³-hybridized carbons (Fsp3) is 0.200. The maximum Gasteiger partial charge on any atom is 0.162 e. The highest BCUT2D eigenvalue weighted by atomic mass is 35.5. The van der Waals surface area contributed by atoms with E-state index in [4.69, 9.17) is 16.3 Å². The van der Waals surface area contributed by atoms with E-state index in [0.29, 0.717) is 17.3 Å². The van der Waals surface area contributed by atoms with Crippen LogP contribution in [0, 0.1) is 11.6 Å². The van der Waals surface area contributed by atoms with Crippen molar-refractivity contribution in [1.82, 2.24) is 5.32 Å². The molecule has 0 saturated heterocycles. The predicted molar refractivity (Wildman–Crippen MR) is 75.3 cm³/mol. The van der Waals surface area contributed by atoms with E-state index in [1.807, 2.05) is 13.0 Å². The zero-order valence-corrected chi connectivity index (χ0v) is 11.7. The number of benzene rings is 2. The number of halogens is 3. The van der Waals surface area contributed by atoms with Crippen LogP contribution in [0.2, 0.25) is 5.02 Å². The van der Waals surface area contributed by atoms with Crippen molar-refractivity contribution in [1.29, 1.82) is 0 Å². The van der Waals surface area contributed by atoms with Gasteiger partial charge in [0.25, 0.3) is 0 Å². The van der Waals surface area contributed by atoms with Crippen molar-refractivity contribution in [2.24, 2.45) is 0 Å². The van der Waals surface area contributed by atoms with E-state index in [2.05, 4.69) is 5.32 Å². The van der Waals surface area contributed by atoms with Crippen LogP contribution in [0.4, 0.5) is 8.78 Å². The summed E-state index contributed by atoms with van der Waals surface area (Å²) >= 11 is 6.13. The molecule has 0 spiro atoms. The quantitative estimate of drug-likeness (QED) is 0.876. The first-order chi connectivity index (χ1) is 9.60. The van der Waals surface area contributed by atoms with Gasteiger partial charge in [-0.25, -0.2) is 8.78 Å². The number of hydrogen-bond donors (Lipinski definition) is 1. The molecule has 0 aromatic heterocycles. The fourth-order valence-electron chi connectivity index (χ4n) is 1.67. The second kappa shape index (κ2) is 6.68. The topological polar surface area (TPSA) is 21.3 Å². The van der Waals surface area contributed by atoms with Crippen molar-refractivity contribution in [2.45, 2.75) is 13.5 Å². The lowest BCUT2D eigenvalue weighted by Crippen LogP contribution is -2.11. The summed E-state index contributed by atoms with van der Waals surface area (Å²) in [6.07, 6.45) is 0. The molecular formula is C15H14ClF2NO. The molecule has 0 unspecified atom stereocenters. The molecule has 2 aromatic rings. The van der Waals surface area contributed by atoms with Crippen molar-refractivity contribution in [2.75, 3.05) is 6.54 Å². The SMILES string of the molecule is CCNCc1ccc(Oc2ccc(F)c(F)c2)cc1Cl. The molecule has 2 aromatic carbocycles. The molecule has 1 N–H and O–H groups in total. The summed E-state index contributed by atoms with van der Waals surface area (Å²) in [5.74, 6) is -1.16. The van der Waals surface area contributed by atoms with Crippen molar-refractivity contribution in [3.8, 4) is 11.5 Å². The van der Waals surface area contributed by atoms with E-state index in [9.17, 15) is 8.78 Å². The Bertz CT molecular complexity index is 604. The standard InChI is InChI=1S/C15H14ClF2NO/c1-2-19-9-10-3-4-11(7-13(10)16)20-12-5-6-14(17)15(18)8-12/h3-8,19H,2,9H2,1H3. The summed E-state index contributed by atoms with van der Waals surface area (Å²) in [6, 6.07) is 8.59. The van der Waals surface area contributed by atoms with Gasteiger partial charge in [-0.05, 0) is 36.4 Å². The number of ether oxygens (including phenoxy) is 1. The highest BCUT2D eigenvalue weighted by molar-refractivity contribution is 6.31. The molecule has 0 saturated carbocycles. The van der Waals surface area contributed by atoms with Crippen molar-refractivity contribution >= 4 is 11.6 Å². The van der Waals surface area contributed by atoms with Gasteiger partial charge >= 0.3 is 0 Å². The van der Waals surface area contributed by atoms with Crippen molar-refractivity contribution < 1.29 is 13.5 Å². The van der Waals surface area contributed by atoms with E-state index in [-0.39, 0.29) is 5.75 Å². The first-order valence-electron chi connectivity index (χ1n) is 6.22. The first kappa shape index (κ1) is 14.8. The van der Waals surface area contributed by atoms with Crippen LogP contribution in [0.15, 0.2) is 36.4 Å². The minimum Gasteiger partial charge on any atom is -0.457 e. The Labute approximate surface area is 121 Å². The van der Waals surface area contributed by atoms with Crippen LogP contribution in [0.3, 0.4) is 0 Å². The van der Waals surface area contributed by atoms with E-state index in [1.54, 1.807) is 12.1 Å². The Kier molecular flexibility index (Phi) is 4.93. The molecule has 5 heteroatoms. The summed E-state index contributed by atoms with van der Waals surface area (Å²) in [6.45, 7) is 3.53. The van der Waals surface area contributed by atoms with Gasteiger partial charge in [-0.15, -0.1) is 0 Å². The van der Waals surface area contributed by atoms with Crippen LogP contribution >= 0.6 is 11.6 Å². The van der Waals surface area contributed by atoms with Gasteiger partial charge in [0.05, 0.1) is 0 Å². The van der Waals surface area contributed by atoms with Gasteiger partial charge in [0.15, 0.2) is 11.6 Å². The Morgan fingerprint density at radius 2 is 1.75 bits per heavy atom. The lowest BCUT2D eigenvalue weighted by Gasteiger charge is -2.09. The average molecular weight is 298 g/mol. The van der Waals surface area contributed by atoms with Gasteiger partial charge in [0.1, 0.15) is 11.5 Å². The molecule has 0 aliphatic heterocycles. The molecule has 0 fully saturated rings. The van der Waals surface area contributed by atoms with E-state index >= 15 is 0 Å². The molecule has 0 radical (unpaired) electrons. The fourth-order valence-corrected chi connectivity index (χ4v) is 1.91. The van der Waals surface area contributed by atoms with E-state index in [0.717, 1.165) is 24.2 Å². The summed E-state index contributed by atoms with van der Waals surface area (Å²) in [7, 11) is 0. The molecule has 2 nitrogen and oxygen atoms in total. The van der Waals surface area contributed by atoms with Crippen LogP contribution < -0.4 is 10.1 Å². The third-order valence-corrected chi connectivity index (χ3v) is 3.07. The Hall–Kier alpha value is -1.65. The van der Waals surface area contributed by atoms with E-state index in [1.165, 1.54) is 6.07 Å². The van der Waals surface area contributed by atoms with Crippen LogP contribution in [-0.2, 0) is 6.54 Å². The molecule has 0 atom stereocenters. The molecule has 0 heterocycles. The molecule has 2 rings (SSSR count). The van der Waals surface area contributed by atoms with Crippen LogP contribution in [0.25, 0.3) is 0 Å². The lowest BCUT2D eigenvalue weighted by molar-refractivity contribution is 0.461. The molecule has 0 bridgehead atoms. The summed E-state index contributed by atoms with van der Waals surface area (Å²) in [5.41, 5.74) is 0.950. The van der Waals surface area contributed by atoms with Crippen LogP contribution in [0.1, 0.15) is 12.5 Å². The summed E-state index contributed by atoms with van der Waals surface area (Å²) in [4.78, 5) is 0. The normalized spacial score (nSPS) is 10.6. The number of hydrogen-bond acceptors (Lipinski definition) is 2. The maximum absolute atomic E-state index is 13.1. The minimum atomic E-state index is -0.947. The molecule has 20 heavy (non-hydrogen) atoms. The molecule has 0 aliphatic rings. The van der Waals surface area contributed by atoms with Gasteiger partial charge in [-0.3, -0.25) is 0 Å². The largest absolute Gasteiger partial charge is 0.457 e. The average Bonchev–Trinajstić information content (AvgIpc) is 2.42. The minimum absolute atomic E-state index is 0.222. The second-order valence-electron chi connectivity index (χ2n) is 4.21. The Morgan fingerprint density at radius 3 is 2.40 bits per heavy atom. The molecule has 106 valence electrons. The summed E-state index contributed by atoms with van der Waals surface area (Å²) < 4.78 is 31.3. The highest BCUT2D eigenvalue weighted by Crippen LogP contribution is 2.27. The first-order valence-corrected chi connectivity index (χ1v) is 6.60. The van der Waals surface area contributed by atoms with Gasteiger partial charge in [0.2, 0.25) is 0 Å². The van der Waals surface area contributed by atoms with Crippen LogP contribution in [-0.4, -0.2) is 6.54 Å². The van der Waals surface area contributed by atoms with E-state index < -0.39 is 11.6 Å². The maximum atomic E-state index is 13.1. The van der Waals surface area contributed by atoms with Gasteiger partial charge in [-0.1, -0.05) is 24.6 Å². The van der Waals surface area contributed by atoms with Crippen LogP contribution in [0.5, 0.6) is 11.5 Å². The third-order valence-electron chi connectivity index (χ3n) is 2.72. The number of rotatable bonds is 5. The lowest BCUT2D eigenvalue weighted by atomic mass is 10.2. The second-order valence-corrected chi connectivity index (χ2v) is 4.62. The van der Waals surface area contributed by atoms with Gasteiger partial charge < -0.3 is 10.1 Å². The Balaban J connectivity index is 2.13. The molecule has 0 amide bonds. The number of nitrogens with one attached hydrogen (secondary N) is 1. The Morgan fingerprint density at radius 1 is 1.05 bits per heavy atom.